The predicted octanol–water partition coefficient (Wildman–Crippen LogP) is 1.99. The van der Waals surface area contributed by atoms with E-state index in [9.17, 15) is 26.4 Å². The molecule has 0 aliphatic rings. The molecule has 0 atom stereocenters. The Balaban J connectivity index is 2.69. The molecular weight excluding hydrogens is 311 g/mol. The lowest BCUT2D eigenvalue weighted by atomic mass is 10.1. The third-order valence-electron chi connectivity index (χ3n) is 2.61. The Morgan fingerprint density at radius 2 is 1.86 bits per heavy atom. The zero-order valence-corrected chi connectivity index (χ0v) is 11.7. The lowest BCUT2D eigenvalue weighted by Gasteiger charge is -2.13. The maximum absolute atomic E-state index is 12.7. The van der Waals surface area contributed by atoms with Crippen molar-refractivity contribution in [2.24, 2.45) is 0 Å². The largest absolute Gasteiger partial charge is 0.481 e. The molecule has 9 heteroatoms. The Morgan fingerprint density at radius 3 is 2.43 bits per heavy atom. The molecule has 0 spiro atoms. The van der Waals surface area contributed by atoms with Gasteiger partial charge in [0, 0.05) is 13.0 Å². The Morgan fingerprint density at radius 1 is 1.24 bits per heavy atom. The van der Waals surface area contributed by atoms with Gasteiger partial charge in [0.25, 0.3) is 0 Å². The molecular formula is C12H14F3NO4S. The summed E-state index contributed by atoms with van der Waals surface area (Å²) in [6.45, 7) is -0.495. The Bertz CT molecular complexity index is 599. The molecule has 5 nitrogen and oxygen atoms in total. The number of nitrogens with one attached hydrogen (secondary N) is 1. The van der Waals surface area contributed by atoms with Crippen molar-refractivity contribution < 1.29 is 31.5 Å². The first kappa shape index (κ1) is 17.4. The molecule has 1 rings (SSSR count). The minimum atomic E-state index is -4.56. The molecule has 0 amide bonds. The van der Waals surface area contributed by atoms with Crippen molar-refractivity contribution in [2.45, 2.75) is 25.6 Å². The Hall–Kier alpha value is -1.61. The Kier molecular flexibility index (Phi) is 5.73. The van der Waals surface area contributed by atoms with Gasteiger partial charge in [-0.15, -0.1) is 0 Å². The van der Waals surface area contributed by atoms with E-state index in [2.05, 4.69) is 0 Å². The van der Waals surface area contributed by atoms with Gasteiger partial charge < -0.3 is 5.11 Å². The molecule has 0 aromatic heterocycles. The summed E-state index contributed by atoms with van der Waals surface area (Å²) in [6, 6.07) is 4.65. The summed E-state index contributed by atoms with van der Waals surface area (Å²) >= 11 is 0. The maximum atomic E-state index is 12.7. The van der Waals surface area contributed by atoms with E-state index in [0.717, 1.165) is 6.07 Å². The molecule has 1 aromatic rings. The van der Waals surface area contributed by atoms with Crippen LogP contribution in [0.2, 0.25) is 0 Å². The minimum Gasteiger partial charge on any atom is -0.481 e. The quantitative estimate of drug-likeness (QED) is 0.803. The SMILES string of the molecule is O=C(O)CCCS(=O)(=O)NCc1ccccc1C(F)(F)F. The van der Waals surface area contributed by atoms with E-state index in [1.807, 2.05) is 4.72 Å². The van der Waals surface area contributed by atoms with Crippen LogP contribution in [0.3, 0.4) is 0 Å². The number of rotatable bonds is 7. The van der Waals surface area contributed by atoms with Gasteiger partial charge in [-0.2, -0.15) is 13.2 Å². The second kappa shape index (κ2) is 6.90. The van der Waals surface area contributed by atoms with Crippen molar-refractivity contribution in [1.29, 1.82) is 0 Å². The van der Waals surface area contributed by atoms with E-state index in [4.69, 9.17) is 5.11 Å². The summed E-state index contributed by atoms with van der Waals surface area (Å²) in [7, 11) is -3.82. The van der Waals surface area contributed by atoms with Crippen molar-refractivity contribution in [1.82, 2.24) is 4.72 Å². The van der Waals surface area contributed by atoms with Crippen LogP contribution in [-0.4, -0.2) is 25.2 Å². The molecule has 118 valence electrons. The lowest BCUT2D eigenvalue weighted by Crippen LogP contribution is -2.27. The van der Waals surface area contributed by atoms with E-state index < -0.39 is 40.0 Å². The molecule has 0 aliphatic heterocycles. The fourth-order valence-corrected chi connectivity index (χ4v) is 2.67. The number of carbonyl (C=O) groups is 1. The average Bonchev–Trinajstić information content (AvgIpc) is 2.35. The van der Waals surface area contributed by atoms with Gasteiger partial charge in [0.05, 0.1) is 11.3 Å². The minimum absolute atomic E-state index is 0.106. The second-order valence-electron chi connectivity index (χ2n) is 4.29. The zero-order valence-electron chi connectivity index (χ0n) is 10.9. The topological polar surface area (TPSA) is 83.5 Å². The van der Waals surface area contributed by atoms with Crippen LogP contribution in [0.5, 0.6) is 0 Å². The van der Waals surface area contributed by atoms with Crippen molar-refractivity contribution in [3.63, 3.8) is 0 Å². The molecule has 1 aromatic carbocycles. The van der Waals surface area contributed by atoms with E-state index in [0.29, 0.717) is 0 Å². The van der Waals surface area contributed by atoms with Gasteiger partial charge >= 0.3 is 12.1 Å². The third-order valence-corrected chi connectivity index (χ3v) is 4.02. The second-order valence-corrected chi connectivity index (χ2v) is 6.22. The van der Waals surface area contributed by atoms with Gasteiger partial charge in [-0.05, 0) is 18.1 Å². The number of alkyl halides is 3. The summed E-state index contributed by atoms with van der Waals surface area (Å²) < 4.78 is 63.3. The van der Waals surface area contributed by atoms with Crippen LogP contribution in [0.25, 0.3) is 0 Å². The highest BCUT2D eigenvalue weighted by molar-refractivity contribution is 7.89. The zero-order chi connectivity index (χ0) is 16.1. The van der Waals surface area contributed by atoms with Crippen molar-refractivity contribution in [3.8, 4) is 0 Å². The van der Waals surface area contributed by atoms with Gasteiger partial charge in [-0.1, -0.05) is 18.2 Å². The molecule has 0 bridgehead atoms. The molecule has 0 radical (unpaired) electrons. The van der Waals surface area contributed by atoms with Crippen LogP contribution >= 0.6 is 0 Å². The highest BCUT2D eigenvalue weighted by Gasteiger charge is 2.32. The van der Waals surface area contributed by atoms with Crippen molar-refractivity contribution >= 4 is 16.0 Å². The van der Waals surface area contributed by atoms with Gasteiger partial charge in [-0.3, -0.25) is 4.79 Å². The highest BCUT2D eigenvalue weighted by Crippen LogP contribution is 2.31. The van der Waals surface area contributed by atoms with E-state index in [1.165, 1.54) is 18.2 Å². The van der Waals surface area contributed by atoms with Crippen molar-refractivity contribution in [2.75, 3.05) is 5.75 Å². The molecule has 0 aliphatic carbocycles. The first-order valence-corrected chi connectivity index (χ1v) is 7.61. The molecule has 0 saturated carbocycles. The average molecular weight is 325 g/mol. The number of halogens is 3. The molecule has 0 saturated heterocycles. The van der Waals surface area contributed by atoms with Gasteiger partial charge in [0.2, 0.25) is 10.0 Å². The predicted molar refractivity (Wildman–Crippen MR) is 68.9 cm³/mol. The van der Waals surface area contributed by atoms with Gasteiger partial charge in [0.1, 0.15) is 0 Å². The van der Waals surface area contributed by atoms with Crippen LogP contribution in [-0.2, 0) is 27.5 Å². The number of hydrogen-bond acceptors (Lipinski definition) is 3. The van der Waals surface area contributed by atoms with Crippen LogP contribution in [0.1, 0.15) is 24.0 Å². The van der Waals surface area contributed by atoms with Crippen LogP contribution < -0.4 is 4.72 Å². The summed E-state index contributed by atoms with van der Waals surface area (Å²) in [5.41, 5.74) is -1.09. The number of hydrogen-bond donors (Lipinski definition) is 2. The number of aliphatic carboxylic acids is 1. The number of sulfonamides is 1. The van der Waals surface area contributed by atoms with Gasteiger partial charge in [0.15, 0.2) is 0 Å². The monoisotopic (exact) mass is 325 g/mol. The molecule has 0 heterocycles. The van der Waals surface area contributed by atoms with E-state index in [1.54, 1.807) is 0 Å². The maximum Gasteiger partial charge on any atom is 0.416 e. The number of benzene rings is 1. The molecule has 2 N–H and O–H groups in total. The fourth-order valence-electron chi connectivity index (χ4n) is 1.62. The van der Waals surface area contributed by atoms with Crippen LogP contribution in [0, 0.1) is 0 Å². The summed E-state index contributed by atoms with van der Waals surface area (Å²) in [4.78, 5) is 10.3. The fraction of sp³-hybridized carbons (Fsp3) is 0.417. The lowest BCUT2D eigenvalue weighted by molar-refractivity contribution is -0.138. The molecule has 21 heavy (non-hydrogen) atoms. The summed E-state index contributed by atoms with van der Waals surface area (Å²) in [5, 5.41) is 8.40. The Labute approximate surface area is 119 Å². The van der Waals surface area contributed by atoms with Crippen LogP contribution in [0.15, 0.2) is 24.3 Å². The van der Waals surface area contributed by atoms with Gasteiger partial charge in [-0.25, -0.2) is 13.1 Å². The van der Waals surface area contributed by atoms with Crippen molar-refractivity contribution in [3.05, 3.63) is 35.4 Å². The third kappa shape index (κ3) is 6.13. The summed E-state index contributed by atoms with van der Waals surface area (Å²) in [5.74, 6) is -1.58. The normalized spacial score (nSPS) is 12.3. The van der Waals surface area contributed by atoms with Crippen LogP contribution in [0.4, 0.5) is 13.2 Å². The standard InChI is InChI=1S/C12H14F3NO4S/c13-12(14,15)10-5-2-1-4-9(10)8-16-21(19,20)7-3-6-11(17)18/h1-2,4-5,16H,3,6-8H2,(H,17,18). The highest BCUT2D eigenvalue weighted by atomic mass is 32.2. The summed E-state index contributed by atoms with van der Waals surface area (Å²) in [6.07, 6.45) is -4.99. The van der Waals surface area contributed by atoms with E-state index in [-0.39, 0.29) is 18.4 Å². The number of carboxylic acids is 1. The van der Waals surface area contributed by atoms with E-state index >= 15 is 0 Å². The number of carboxylic acid groups (broad SMARTS) is 1. The smallest absolute Gasteiger partial charge is 0.416 e. The molecule has 0 unspecified atom stereocenters. The first-order chi connectivity index (χ1) is 9.62. The molecule has 0 fully saturated rings. The first-order valence-electron chi connectivity index (χ1n) is 5.96.